The molecule has 4 nitrogen and oxygen atoms in total. The predicted octanol–water partition coefficient (Wildman–Crippen LogP) is 4.23. The van der Waals surface area contributed by atoms with Gasteiger partial charge in [0, 0.05) is 24.2 Å². The Kier molecular flexibility index (Phi) is 4.93. The SMILES string of the molecule is O=C(NCCCc1ncc2ccccn12)C(c1ccc(Cl)cc1)C1CC1. The van der Waals surface area contributed by atoms with Crippen LogP contribution in [0.25, 0.3) is 5.52 Å². The molecule has 5 heteroatoms. The first kappa shape index (κ1) is 17.1. The van der Waals surface area contributed by atoms with Crippen LogP contribution in [0.3, 0.4) is 0 Å². The van der Waals surface area contributed by atoms with Crippen LogP contribution in [-0.2, 0) is 11.2 Å². The number of imidazole rings is 1. The van der Waals surface area contributed by atoms with Crippen LogP contribution in [0, 0.1) is 5.92 Å². The monoisotopic (exact) mass is 367 g/mol. The van der Waals surface area contributed by atoms with Crippen molar-refractivity contribution in [2.24, 2.45) is 5.92 Å². The Balaban J connectivity index is 1.33. The summed E-state index contributed by atoms with van der Waals surface area (Å²) in [5.41, 5.74) is 2.16. The van der Waals surface area contributed by atoms with E-state index in [1.54, 1.807) is 0 Å². The highest BCUT2D eigenvalue weighted by molar-refractivity contribution is 6.30. The zero-order chi connectivity index (χ0) is 17.9. The van der Waals surface area contributed by atoms with Crippen molar-refractivity contribution >= 4 is 23.0 Å². The lowest BCUT2D eigenvalue weighted by atomic mass is 9.93. The number of fused-ring (bicyclic) bond motifs is 1. The molecule has 1 N–H and O–H groups in total. The second-order valence-corrected chi connectivity index (χ2v) is 7.37. The molecule has 0 bridgehead atoms. The molecule has 0 aliphatic heterocycles. The summed E-state index contributed by atoms with van der Waals surface area (Å²) in [5.74, 6) is 1.57. The Labute approximate surface area is 158 Å². The van der Waals surface area contributed by atoms with Crippen molar-refractivity contribution in [3.8, 4) is 0 Å². The number of rotatable bonds is 7. The molecular formula is C21H22ClN3O. The van der Waals surface area contributed by atoms with Crippen molar-refractivity contribution in [2.75, 3.05) is 6.54 Å². The maximum Gasteiger partial charge on any atom is 0.227 e. The molecule has 0 spiro atoms. The number of carbonyl (C=O) groups excluding carboxylic acids is 1. The van der Waals surface area contributed by atoms with Gasteiger partial charge in [0.15, 0.2) is 0 Å². The first-order valence-electron chi connectivity index (χ1n) is 9.16. The number of hydrogen-bond donors (Lipinski definition) is 1. The molecule has 2 aromatic heterocycles. The number of amides is 1. The largest absolute Gasteiger partial charge is 0.356 e. The summed E-state index contributed by atoms with van der Waals surface area (Å²) in [6.07, 6.45) is 7.88. The van der Waals surface area contributed by atoms with Gasteiger partial charge in [-0.2, -0.15) is 0 Å². The number of carbonyl (C=O) groups is 1. The molecule has 0 radical (unpaired) electrons. The summed E-state index contributed by atoms with van der Waals surface area (Å²) in [6, 6.07) is 13.7. The molecule has 1 amide bonds. The number of benzene rings is 1. The molecule has 1 fully saturated rings. The van der Waals surface area contributed by atoms with Crippen LogP contribution < -0.4 is 5.32 Å². The van der Waals surface area contributed by atoms with E-state index in [-0.39, 0.29) is 11.8 Å². The van der Waals surface area contributed by atoms with E-state index < -0.39 is 0 Å². The highest BCUT2D eigenvalue weighted by Crippen LogP contribution is 2.42. The highest BCUT2D eigenvalue weighted by Gasteiger charge is 2.37. The lowest BCUT2D eigenvalue weighted by Gasteiger charge is -2.17. The van der Waals surface area contributed by atoms with E-state index in [1.165, 1.54) is 0 Å². The number of nitrogens with one attached hydrogen (secondary N) is 1. The van der Waals surface area contributed by atoms with Crippen LogP contribution in [0.2, 0.25) is 5.02 Å². The van der Waals surface area contributed by atoms with Gasteiger partial charge >= 0.3 is 0 Å². The molecule has 1 saturated carbocycles. The van der Waals surface area contributed by atoms with Crippen molar-refractivity contribution < 1.29 is 4.79 Å². The van der Waals surface area contributed by atoms with E-state index in [0.717, 1.165) is 42.6 Å². The standard InChI is InChI=1S/C21H22ClN3O/c22-17-10-8-16(9-11-17)20(15-6-7-15)21(26)23-12-3-5-19-24-14-18-4-1-2-13-25(18)19/h1-2,4,8-11,13-15,20H,3,5-7,12H2,(H,23,26). The summed E-state index contributed by atoms with van der Waals surface area (Å²) >= 11 is 5.98. The third-order valence-electron chi connectivity index (χ3n) is 5.00. The van der Waals surface area contributed by atoms with Crippen LogP contribution in [0.1, 0.15) is 36.6 Å². The van der Waals surface area contributed by atoms with Crippen molar-refractivity contribution in [2.45, 2.75) is 31.6 Å². The highest BCUT2D eigenvalue weighted by atomic mass is 35.5. The molecular weight excluding hydrogens is 346 g/mol. The molecule has 134 valence electrons. The summed E-state index contributed by atoms with van der Waals surface area (Å²) in [6.45, 7) is 0.664. The van der Waals surface area contributed by atoms with Gasteiger partial charge in [0.05, 0.1) is 17.6 Å². The molecule has 1 aromatic carbocycles. The molecule has 2 heterocycles. The minimum Gasteiger partial charge on any atom is -0.356 e. The third-order valence-corrected chi connectivity index (χ3v) is 5.25. The summed E-state index contributed by atoms with van der Waals surface area (Å²) in [4.78, 5) is 17.2. The zero-order valence-electron chi connectivity index (χ0n) is 14.6. The Morgan fingerprint density at radius 2 is 2.04 bits per heavy atom. The smallest absolute Gasteiger partial charge is 0.227 e. The minimum absolute atomic E-state index is 0.0560. The van der Waals surface area contributed by atoms with E-state index in [2.05, 4.69) is 14.7 Å². The predicted molar refractivity (Wildman–Crippen MR) is 103 cm³/mol. The second-order valence-electron chi connectivity index (χ2n) is 6.93. The average Bonchev–Trinajstić information content (AvgIpc) is 3.40. The van der Waals surface area contributed by atoms with Gasteiger partial charge in [-0.15, -0.1) is 0 Å². The van der Waals surface area contributed by atoms with Crippen LogP contribution in [0.4, 0.5) is 0 Å². The van der Waals surface area contributed by atoms with Crippen LogP contribution in [-0.4, -0.2) is 21.8 Å². The number of nitrogens with zero attached hydrogens (tertiary/aromatic N) is 2. The maximum atomic E-state index is 12.7. The van der Waals surface area contributed by atoms with Gasteiger partial charge in [0.2, 0.25) is 5.91 Å². The second kappa shape index (κ2) is 7.50. The van der Waals surface area contributed by atoms with Crippen LogP contribution in [0.5, 0.6) is 0 Å². The molecule has 0 saturated heterocycles. The van der Waals surface area contributed by atoms with E-state index >= 15 is 0 Å². The van der Waals surface area contributed by atoms with E-state index in [1.807, 2.05) is 54.9 Å². The van der Waals surface area contributed by atoms with Gasteiger partial charge in [-0.1, -0.05) is 29.8 Å². The first-order valence-corrected chi connectivity index (χ1v) is 9.54. The molecule has 1 unspecified atom stereocenters. The minimum atomic E-state index is -0.0560. The number of aromatic nitrogens is 2. The van der Waals surface area contributed by atoms with E-state index in [9.17, 15) is 4.79 Å². The number of pyridine rings is 1. The Morgan fingerprint density at radius 1 is 1.23 bits per heavy atom. The molecule has 1 aliphatic rings. The number of aryl methyl sites for hydroxylation is 1. The average molecular weight is 368 g/mol. The fourth-order valence-corrected chi connectivity index (χ4v) is 3.62. The Bertz CT molecular complexity index is 899. The van der Waals surface area contributed by atoms with Crippen LogP contribution in [0.15, 0.2) is 54.9 Å². The molecule has 1 atom stereocenters. The van der Waals surface area contributed by atoms with Gasteiger partial charge in [-0.05, 0) is 55.0 Å². The topological polar surface area (TPSA) is 46.4 Å². The summed E-state index contributed by atoms with van der Waals surface area (Å²) in [7, 11) is 0. The van der Waals surface area contributed by atoms with Crippen LogP contribution >= 0.6 is 11.6 Å². The van der Waals surface area contributed by atoms with E-state index in [4.69, 9.17) is 11.6 Å². The fraction of sp³-hybridized carbons (Fsp3) is 0.333. The van der Waals surface area contributed by atoms with Gasteiger partial charge in [0.1, 0.15) is 5.82 Å². The van der Waals surface area contributed by atoms with Gasteiger partial charge in [-0.3, -0.25) is 4.79 Å². The normalized spacial score (nSPS) is 15.1. The lowest BCUT2D eigenvalue weighted by molar-refractivity contribution is -0.123. The third kappa shape index (κ3) is 3.75. The van der Waals surface area contributed by atoms with Crippen molar-refractivity contribution in [1.29, 1.82) is 0 Å². The summed E-state index contributed by atoms with van der Waals surface area (Å²) in [5, 5.41) is 3.82. The first-order chi connectivity index (χ1) is 12.7. The molecule has 26 heavy (non-hydrogen) atoms. The van der Waals surface area contributed by atoms with E-state index in [0.29, 0.717) is 17.5 Å². The molecule has 3 aromatic rings. The molecule has 1 aliphatic carbocycles. The van der Waals surface area contributed by atoms with Gasteiger partial charge < -0.3 is 9.72 Å². The summed E-state index contributed by atoms with van der Waals surface area (Å²) < 4.78 is 2.10. The number of halogens is 1. The fourth-order valence-electron chi connectivity index (χ4n) is 3.49. The maximum absolute atomic E-state index is 12.7. The van der Waals surface area contributed by atoms with Crippen molar-refractivity contribution in [1.82, 2.24) is 14.7 Å². The number of hydrogen-bond acceptors (Lipinski definition) is 2. The van der Waals surface area contributed by atoms with Crippen molar-refractivity contribution in [3.05, 3.63) is 71.3 Å². The zero-order valence-corrected chi connectivity index (χ0v) is 15.3. The molecule has 4 rings (SSSR count). The lowest BCUT2D eigenvalue weighted by Crippen LogP contribution is -2.31. The van der Waals surface area contributed by atoms with Gasteiger partial charge in [-0.25, -0.2) is 4.98 Å². The van der Waals surface area contributed by atoms with Gasteiger partial charge in [0.25, 0.3) is 0 Å². The Hall–Kier alpha value is -2.33. The quantitative estimate of drug-likeness (QED) is 0.635. The Morgan fingerprint density at radius 3 is 2.81 bits per heavy atom. The van der Waals surface area contributed by atoms with Crippen molar-refractivity contribution in [3.63, 3.8) is 0 Å².